The fraction of sp³-hybridized carbons (Fsp3) is 0.278. The van der Waals surface area contributed by atoms with Crippen molar-refractivity contribution in [2.75, 3.05) is 13.7 Å². The second-order valence-electron chi connectivity index (χ2n) is 5.34. The molecule has 24 heavy (non-hydrogen) atoms. The number of aryl methyl sites for hydroxylation is 1. The Labute approximate surface area is 140 Å². The van der Waals surface area contributed by atoms with Crippen molar-refractivity contribution in [3.05, 3.63) is 54.0 Å². The first kappa shape index (κ1) is 16.0. The summed E-state index contributed by atoms with van der Waals surface area (Å²) in [6.45, 7) is 2.65. The number of methoxy groups -OCH3 is 1. The van der Waals surface area contributed by atoms with Gasteiger partial charge in [-0.15, -0.1) is 0 Å². The smallest absolute Gasteiger partial charge is 0.343 e. The van der Waals surface area contributed by atoms with Crippen LogP contribution in [0.5, 0.6) is 5.88 Å². The van der Waals surface area contributed by atoms with Crippen molar-refractivity contribution in [2.24, 2.45) is 0 Å². The first-order valence-electron chi connectivity index (χ1n) is 7.79. The third-order valence-corrected chi connectivity index (χ3v) is 3.84. The van der Waals surface area contributed by atoms with Crippen LogP contribution in [0.2, 0.25) is 0 Å². The van der Waals surface area contributed by atoms with Gasteiger partial charge in [0.1, 0.15) is 12.0 Å². The SMILES string of the molecule is CCc1cc2c(OCC(=O)OC)ncnc2n1Cc1ccccc1. The Morgan fingerprint density at radius 3 is 2.71 bits per heavy atom. The molecule has 0 saturated heterocycles. The lowest BCUT2D eigenvalue weighted by atomic mass is 10.2. The zero-order chi connectivity index (χ0) is 16.9. The summed E-state index contributed by atoms with van der Waals surface area (Å²) in [5.41, 5.74) is 3.13. The number of nitrogens with zero attached hydrogens (tertiary/aromatic N) is 3. The van der Waals surface area contributed by atoms with Gasteiger partial charge >= 0.3 is 5.97 Å². The highest BCUT2D eigenvalue weighted by Crippen LogP contribution is 2.26. The zero-order valence-corrected chi connectivity index (χ0v) is 13.7. The highest BCUT2D eigenvalue weighted by molar-refractivity contribution is 5.83. The van der Waals surface area contributed by atoms with Gasteiger partial charge in [-0.25, -0.2) is 14.8 Å². The van der Waals surface area contributed by atoms with Crippen LogP contribution in [0.3, 0.4) is 0 Å². The fourth-order valence-corrected chi connectivity index (χ4v) is 2.63. The fourth-order valence-electron chi connectivity index (χ4n) is 2.63. The van der Waals surface area contributed by atoms with Gasteiger partial charge in [0, 0.05) is 12.2 Å². The summed E-state index contributed by atoms with van der Waals surface area (Å²) in [6.07, 6.45) is 2.31. The lowest BCUT2D eigenvalue weighted by molar-refractivity contribution is -0.142. The Hall–Kier alpha value is -2.89. The summed E-state index contributed by atoms with van der Waals surface area (Å²) in [5, 5.41) is 0.800. The number of benzene rings is 1. The van der Waals surface area contributed by atoms with Gasteiger partial charge in [-0.1, -0.05) is 37.3 Å². The summed E-state index contributed by atoms with van der Waals surface area (Å²) in [6, 6.07) is 12.2. The molecule has 0 unspecified atom stereocenters. The van der Waals surface area contributed by atoms with Crippen molar-refractivity contribution in [3.8, 4) is 5.88 Å². The van der Waals surface area contributed by atoms with Crippen LogP contribution in [0.4, 0.5) is 0 Å². The Kier molecular flexibility index (Phi) is 4.74. The van der Waals surface area contributed by atoms with Crippen LogP contribution in [0.15, 0.2) is 42.7 Å². The number of fused-ring (bicyclic) bond motifs is 1. The van der Waals surface area contributed by atoms with E-state index in [4.69, 9.17) is 4.74 Å². The molecular formula is C18H19N3O3. The van der Waals surface area contributed by atoms with Crippen LogP contribution in [0.25, 0.3) is 11.0 Å². The molecule has 0 spiro atoms. The normalized spacial score (nSPS) is 10.8. The molecule has 124 valence electrons. The molecule has 3 aromatic rings. The third kappa shape index (κ3) is 3.22. The van der Waals surface area contributed by atoms with Crippen molar-refractivity contribution >= 4 is 17.0 Å². The summed E-state index contributed by atoms with van der Waals surface area (Å²) >= 11 is 0. The van der Waals surface area contributed by atoms with E-state index in [-0.39, 0.29) is 6.61 Å². The van der Waals surface area contributed by atoms with Crippen LogP contribution in [0, 0.1) is 0 Å². The molecule has 0 aliphatic rings. The monoisotopic (exact) mass is 325 g/mol. The highest BCUT2D eigenvalue weighted by atomic mass is 16.6. The molecule has 0 N–H and O–H groups in total. The lowest BCUT2D eigenvalue weighted by Gasteiger charge is -2.09. The molecule has 6 heteroatoms. The van der Waals surface area contributed by atoms with Crippen molar-refractivity contribution < 1.29 is 14.3 Å². The summed E-state index contributed by atoms with van der Waals surface area (Å²) in [5.74, 6) is -0.0480. The minimum atomic E-state index is -0.443. The molecule has 2 aromatic heterocycles. The van der Waals surface area contributed by atoms with Crippen molar-refractivity contribution in [3.63, 3.8) is 0 Å². The van der Waals surface area contributed by atoms with E-state index in [1.807, 2.05) is 24.3 Å². The van der Waals surface area contributed by atoms with Gasteiger partial charge in [-0.3, -0.25) is 0 Å². The van der Waals surface area contributed by atoms with Crippen molar-refractivity contribution in [1.29, 1.82) is 0 Å². The molecule has 0 aliphatic carbocycles. The Morgan fingerprint density at radius 1 is 1.21 bits per heavy atom. The van der Waals surface area contributed by atoms with E-state index in [2.05, 4.69) is 38.3 Å². The van der Waals surface area contributed by atoms with Gasteiger partial charge in [0.25, 0.3) is 0 Å². The van der Waals surface area contributed by atoms with Gasteiger partial charge in [0.05, 0.1) is 12.5 Å². The van der Waals surface area contributed by atoms with E-state index < -0.39 is 5.97 Å². The lowest BCUT2D eigenvalue weighted by Crippen LogP contribution is -2.13. The first-order valence-corrected chi connectivity index (χ1v) is 7.79. The Morgan fingerprint density at radius 2 is 2.00 bits per heavy atom. The minimum absolute atomic E-state index is 0.173. The van der Waals surface area contributed by atoms with Gasteiger partial charge in [-0.2, -0.15) is 0 Å². The molecule has 0 aliphatic heterocycles. The molecule has 0 radical (unpaired) electrons. The average Bonchev–Trinajstić information content (AvgIpc) is 2.98. The standard InChI is InChI=1S/C18H19N3O3/c1-3-14-9-15-17(21(14)10-13-7-5-4-6-8-13)19-12-20-18(15)24-11-16(22)23-2/h4-9,12H,3,10-11H2,1-2H3. The molecule has 0 saturated carbocycles. The van der Waals surface area contributed by atoms with E-state index >= 15 is 0 Å². The molecule has 0 atom stereocenters. The first-order chi connectivity index (χ1) is 11.7. The van der Waals surface area contributed by atoms with Gasteiger partial charge in [0.15, 0.2) is 6.61 Å². The number of hydrogen-bond donors (Lipinski definition) is 0. The van der Waals surface area contributed by atoms with E-state index in [1.54, 1.807) is 0 Å². The number of aromatic nitrogens is 3. The second kappa shape index (κ2) is 7.12. The zero-order valence-electron chi connectivity index (χ0n) is 13.7. The van der Waals surface area contributed by atoms with Crippen molar-refractivity contribution in [2.45, 2.75) is 19.9 Å². The Bertz CT molecular complexity index is 843. The largest absolute Gasteiger partial charge is 0.466 e. The number of ether oxygens (including phenoxy) is 2. The minimum Gasteiger partial charge on any atom is -0.466 e. The van der Waals surface area contributed by atoms with Gasteiger partial charge < -0.3 is 14.0 Å². The molecule has 6 nitrogen and oxygen atoms in total. The maximum Gasteiger partial charge on any atom is 0.343 e. The molecule has 0 bridgehead atoms. The van der Waals surface area contributed by atoms with Crippen LogP contribution in [0.1, 0.15) is 18.2 Å². The van der Waals surface area contributed by atoms with Crippen molar-refractivity contribution in [1.82, 2.24) is 14.5 Å². The third-order valence-electron chi connectivity index (χ3n) is 3.84. The number of esters is 1. The number of rotatable bonds is 6. The Balaban J connectivity index is 1.98. The summed E-state index contributed by atoms with van der Waals surface area (Å²) < 4.78 is 12.2. The van der Waals surface area contributed by atoms with Crippen LogP contribution < -0.4 is 4.74 Å². The average molecular weight is 325 g/mol. The molecule has 0 amide bonds. The predicted octanol–water partition coefficient (Wildman–Crippen LogP) is 2.59. The number of carbonyl (C=O) groups is 1. The quantitative estimate of drug-likeness (QED) is 0.652. The van der Waals surface area contributed by atoms with Crippen LogP contribution in [-0.4, -0.2) is 34.2 Å². The van der Waals surface area contributed by atoms with E-state index in [0.717, 1.165) is 29.7 Å². The second-order valence-corrected chi connectivity index (χ2v) is 5.34. The van der Waals surface area contributed by atoms with E-state index in [1.165, 1.54) is 19.0 Å². The molecular weight excluding hydrogens is 306 g/mol. The number of hydrogen-bond acceptors (Lipinski definition) is 5. The van der Waals surface area contributed by atoms with Gasteiger partial charge in [-0.05, 0) is 18.1 Å². The molecule has 3 rings (SSSR count). The summed E-state index contributed by atoms with van der Waals surface area (Å²) in [7, 11) is 1.33. The molecule has 0 fully saturated rings. The maximum absolute atomic E-state index is 11.3. The highest BCUT2D eigenvalue weighted by Gasteiger charge is 2.15. The summed E-state index contributed by atoms with van der Waals surface area (Å²) in [4.78, 5) is 19.9. The predicted molar refractivity (Wildman–Crippen MR) is 90.0 cm³/mol. The van der Waals surface area contributed by atoms with Crippen LogP contribution in [-0.2, 0) is 22.5 Å². The topological polar surface area (TPSA) is 66.2 Å². The van der Waals surface area contributed by atoms with Crippen LogP contribution >= 0.6 is 0 Å². The van der Waals surface area contributed by atoms with E-state index in [9.17, 15) is 4.79 Å². The molecule has 2 heterocycles. The van der Waals surface area contributed by atoms with E-state index in [0.29, 0.717) is 5.88 Å². The maximum atomic E-state index is 11.3. The molecule has 1 aromatic carbocycles. The van der Waals surface area contributed by atoms with Gasteiger partial charge in [0.2, 0.25) is 5.88 Å². The number of carbonyl (C=O) groups excluding carboxylic acids is 1.